The SMILES string of the molecule is COCC1c2c([nH]c3cccc(OCc4ccccc4)c23)CNC1C(=O)O. The molecule has 6 nitrogen and oxygen atoms in total. The number of benzene rings is 2. The maximum Gasteiger partial charge on any atom is 0.321 e. The lowest BCUT2D eigenvalue weighted by Gasteiger charge is -2.30. The second kappa shape index (κ2) is 7.42. The summed E-state index contributed by atoms with van der Waals surface area (Å²) in [5, 5.41) is 13.7. The molecule has 0 radical (unpaired) electrons. The number of aromatic nitrogens is 1. The van der Waals surface area contributed by atoms with Crippen LogP contribution in [-0.2, 0) is 22.7 Å². The smallest absolute Gasteiger partial charge is 0.321 e. The zero-order chi connectivity index (χ0) is 18.8. The summed E-state index contributed by atoms with van der Waals surface area (Å²) in [5.41, 5.74) is 3.99. The molecule has 27 heavy (non-hydrogen) atoms. The molecule has 0 saturated carbocycles. The van der Waals surface area contributed by atoms with Crippen LogP contribution in [-0.4, -0.2) is 35.8 Å². The summed E-state index contributed by atoms with van der Waals surface area (Å²) in [5.74, 6) is -0.424. The second-order valence-corrected chi connectivity index (χ2v) is 6.73. The molecule has 3 aromatic rings. The Labute approximate surface area is 157 Å². The molecule has 0 saturated heterocycles. The number of carboxylic acid groups (broad SMARTS) is 1. The van der Waals surface area contributed by atoms with Gasteiger partial charge in [-0.1, -0.05) is 36.4 Å². The molecular formula is C21H22N2O4. The number of ether oxygens (including phenoxy) is 2. The third-order valence-corrected chi connectivity index (χ3v) is 5.03. The van der Waals surface area contributed by atoms with Crippen molar-refractivity contribution in [2.24, 2.45) is 0 Å². The van der Waals surface area contributed by atoms with Crippen molar-refractivity contribution in [3.8, 4) is 5.75 Å². The number of rotatable bonds is 6. The lowest BCUT2D eigenvalue weighted by molar-refractivity contribution is -0.140. The molecular weight excluding hydrogens is 344 g/mol. The van der Waals surface area contributed by atoms with Gasteiger partial charge in [0.25, 0.3) is 0 Å². The molecule has 1 aliphatic heterocycles. The number of nitrogens with one attached hydrogen (secondary N) is 2. The van der Waals surface area contributed by atoms with E-state index in [0.29, 0.717) is 19.8 Å². The van der Waals surface area contributed by atoms with Gasteiger partial charge in [0.15, 0.2) is 0 Å². The van der Waals surface area contributed by atoms with Crippen LogP contribution < -0.4 is 10.1 Å². The minimum Gasteiger partial charge on any atom is -0.488 e. The highest BCUT2D eigenvalue weighted by atomic mass is 16.5. The summed E-state index contributed by atoms with van der Waals surface area (Å²) in [6.45, 7) is 1.24. The standard InChI is InChI=1S/C21H22N2O4/c1-26-12-14-18-16(10-22-20(14)21(24)25)23-15-8-5-9-17(19(15)18)27-11-13-6-3-2-4-7-13/h2-9,14,20,22-23H,10-12H2,1H3,(H,24,25). The van der Waals surface area contributed by atoms with Gasteiger partial charge < -0.3 is 19.6 Å². The lowest BCUT2D eigenvalue weighted by Crippen LogP contribution is -2.46. The van der Waals surface area contributed by atoms with E-state index in [1.165, 1.54) is 0 Å². The molecule has 0 bridgehead atoms. The van der Waals surface area contributed by atoms with E-state index < -0.39 is 12.0 Å². The normalized spacial score (nSPS) is 19.0. The largest absolute Gasteiger partial charge is 0.488 e. The summed E-state index contributed by atoms with van der Waals surface area (Å²) >= 11 is 0. The monoisotopic (exact) mass is 366 g/mol. The van der Waals surface area contributed by atoms with Gasteiger partial charge in [-0.2, -0.15) is 0 Å². The van der Waals surface area contributed by atoms with Gasteiger partial charge in [-0.3, -0.25) is 10.1 Å². The van der Waals surface area contributed by atoms with Gasteiger partial charge in [0.05, 0.1) is 6.61 Å². The van der Waals surface area contributed by atoms with Gasteiger partial charge in [-0.25, -0.2) is 0 Å². The van der Waals surface area contributed by atoms with Crippen LogP contribution >= 0.6 is 0 Å². The summed E-state index contributed by atoms with van der Waals surface area (Å²) in [6.07, 6.45) is 0. The van der Waals surface area contributed by atoms with E-state index in [2.05, 4.69) is 10.3 Å². The van der Waals surface area contributed by atoms with Crippen molar-refractivity contribution in [2.75, 3.05) is 13.7 Å². The summed E-state index contributed by atoms with van der Waals surface area (Å²) < 4.78 is 11.5. The number of carbonyl (C=O) groups is 1. The van der Waals surface area contributed by atoms with Gasteiger partial charge in [-0.15, -0.1) is 0 Å². The van der Waals surface area contributed by atoms with Crippen LogP contribution in [0.5, 0.6) is 5.75 Å². The van der Waals surface area contributed by atoms with E-state index in [4.69, 9.17) is 9.47 Å². The van der Waals surface area contributed by atoms with Crippen molar-refractivity contribution in [2.45, 2.75) is 25.1 Å². The first kappa shape index (κ1) is 17.6. The van der Waals surface area contributed by atoms with Crippen LogP contribution in [0.15, 0.2) is 48.5 Å². The molecule has 2 atom stereocenters. The number of methoxy groups -OCH3 is 1. The zero-order valence-corrected chi connectivity index (χ0v) is 15.1. The van der Waals surface area contributed by atoms with E-state index in [9.17, 15) is 9.90 Å². The Hall–Kier alpha value is -2.83. The van der Waals surface area contributed by atoms with Crippen LogP contribution in [0.1, 0.15) is 22.7 Å². The highest BCUT2D eigenvalue weighted by Gasteiger charge is 2.37. The fourth-order valence-corrected chi connectivity index (χ4v) is 3.84. The number of H-pyrrole nitrogens is 1. The summed E-state index contributed by atoms with van der Waals surface area (Å²) in [4.78, 5) is 15.2. The molecule has 0 fully saturated rings. The van der Waals surface area contributed by atoms with Gasteiger partial charge in [-0.05, 0) is 23.3 Å². The Morgan fingerprint density at radius 2 is 2.00 bits per heavy atom. The molecule has 2 aromatic carbocycles. The van der Waals surface area contributed by atoms with Crippen LogP contribution in [0.3, 0.4) is 0 Å². The zero-order valence-electron chi connectivity index (χ0n) is 15.1. The van der Waals surface area contributed by atoms with Gasteiger partial charge in [0, 0.05) is 36.2 Å². The Morgan fingerprint density at radius 1 is 1.19 bits per heavy atom. The van der Waals surface area contributed by atoms with E-state index in [-0.39, 0.29) is 5.92 Å². The fourth-order valence-electron chi connectivity index (χ4n) is 3.84. The molecule has 1 aromatic heterocycles. The molecule has 0 aliphatic carbocycles. The molecule has 2 heterocycles. The molecule has 3 N–H and O–H groups in total. The van der Waals surface area contributed by atoms with E-state index in [1.54, 1.807) is 7.11 Å². The van der Waals surface area contributed by atoms with Crippen LogP contribution in [0.25, 0.3) is 10.9 Å². The average molecular weight is 366 g/mol. The summed E-state index contributed by atoms with van der Waals surface area (Å²) in [7, 11) is 1.59. The van der Waals surface area contributed by atoms with E-state index in [0.717, 1.165) is 33.5 Å². The molecule has 4 rings (SSSR count). The first-order chi connectivity index (χ1) is 13.2. The Bertz CT molecular complexity index is 951. The van der Waals surface area contributed by atoms with Crippen molar-refractivity contribution in [3.05, 3.63) is 65.4 Å². The first-order valence-corrected chi connectivity index (χ1v) is 8.94. The number of aromatic amines is 1. The first-order valence-electron chi connectivity index (χ1n) is 8.94. The number of fused-ring (bicyclic) bond motifs is 3. The van der Waals surface area contributed by atoms with Crippen molar-refractivity contribution in [3.63, 3.8) is 0 Å². The minimum absolute atomic E-state index is 0.300. The number of aliphatic carboxylic acids is 1. The molecule has 2 unspecified atom stereocenters. The van der Waals surface area contributed by atoms with Crippen molar-refractivity contribution < 1.29 is 19.4 Å². The summed E-state index contributed by atoms with van der Waals surface area (Å²) in [6, 6.07) is 15.1. The topological polar surface area (TPSA) is 83.6 Å². The van der Waals surface area contributed by atoms with Crippen molar-refractivity contribution in [1.82, 2.24) is 10.3 Å². The molecule has 1 aliphatic rings. The molecule has 0 spiro atoms. The van der Waals surface area contributed by atoms with E-state index >= 15 is 0 Å². The quantitative estimate of drug-likeness (QED) is 0.625. The van der Waals surface area contributed by atoms with Crippen LogP contribution in [0.4, 0.5) is 0 Å². The Kier molecular flexibility index (Phi) is 4.83. The predicted octanol–water partition coefficient (Wildman–Crippen LogP) is 3.03. The third-order valence-electron chi connectivity index (χ3n) is 5.03. The van der Waals surface area contributed by atoms with Gasteiger partial charge in [0.1, 0.15) is 18.4 Å². The number of carboxylic acids is 1. The number of hydrogen-bond donors (Lipinski definition) is 3. The fraction of sp³-hybridized carbons (Fsp3) is 0.286. The van der Waals surface area contributed by atoms with Crippen LogP contribution in [0, 0.1) is 0 Å². The van der Waals surface area contributed by atoms with E-state index in [1.807, 2.05) is 48.5 Å². The highest BCUT2D eigenvalue weighted by Crippen LogP contribution is 2.39. The lowest BCUT2D eigenvalue weighted by atomic mass is 9.86. The van der Waals surface area contributed by atoms with Crippen LogP contribution in [0.2, 0.25) is 0 Å². The Morgan fingerprint density at radius 3 is 2.74 bits per heavy atom. The third kappa shape index (κ3) is 3.29. The van der Waals surface area contributed by atoms with Crippen molar-refractivity contribution in [1.29, 1.82) is 0 Å². The maximum absolute atomic E-state index is 11.7. The van der Waals surface area contributed by atoms with Gasteiger partial charge >= 0.3 is 5.97 Å². The van der Waals surface area contributed by atoms with Gasteiger partial charge in [0.2, 0.25) is 0 Å². The second-order valence-electron chi connectivity index (χ2n) is 6.73. The predicted molar refractivity (Wildman–Crippen MR) is 102 cm³/mol. The highest BCUT2D eigenvalue weighted by molar-refractivity contribution is 5.92. The minimum atomic E-state index is -0.875. The average Bonchev–Trinajstić information content (AvgIpc) is 3.07. The maximum atomic E-state index is 11.7. The Balaban J connectivity index is 1.76. The molecule has 6 heteroatoms. The van der Waals surface area contributed by atoms with Crippen molar-refractivity contribution >= 4 is 16.9 Å². The molecule has 140 valence electrons. The number of hydrogen-bond acceptors (Lipinski definition) is 4. The molecule has 0 amide bonds.